The van der Waals surface area contributed by atoms with Gasteiger partial charge in [-0.25, -0.2) is 4.79 Å². The van der Waals surface area contributed by atoms with Crippen molar-refractivity contribution >= 4 is 18.0 Å². The number of methoxy groups -OCH3 is 2. The highest BCUT2D eigenvalue weighted by Gasteiger charge is 2.37. The van der Waals surface area contributed by atoms with Crippen molar-refractivity contribution in [3.8, 4) is 5.75 Å². The molecule has 134 valence electrons. The molecule has 0 saturated carbocycles. The van der Waals surface area contributed by atoms with Crippen LogP contribution in [0.15, 0.2) is 41.1 Å². The number of esters is 1. The zero-order valence-electron chi connectivity index (χ0n) is 15.0. The number of benzene rings is 1. The molecule has 0 bridgehead atoms. The predicted molar refractivity (Wildman–Crippen MR) is 93.9 cm³/mol. The van der Waals surface area contributed by atoms with Crippen LogP contribution in [0.25, 0.3) is 6.08 Å². The van der Waals surface area contributed by atoms with Crippen molar-refractivity contribution in [1.82, 2.24) is 4.90 Å². The molecule has 25 heavy (non-hydrogen) atoms. The molecule has 1 amide bonds. The Kier molecular flexibility index (Phi) is 6.36. The summed E-state index contributed by atoms with van der Waals surface area (Å²) in [6.45, 7) is 4.46. The van der Waals surface area contributed by atoms with Gasteiger partial charge in [-0.05, 0) is 26.0 Å². The molecule has 0 unspecified atom stereocenters. The maximum absolute atomic E-state index is 12.9. The first-order valence-electron chi connectivity index (χ1n) is 8.09. The average Bonchev–Trinajstić information content (AvgIpc) is 2.84. The number of allylic oxidation sites excluding steroid dienone is 1. The van der Waals surface area contributed by atoms with Crippen LogP contribution < -0.4 is 4.74 Å². The summed E-state index contributed by atoms with van der Waals surface area (Å²) in [4.78, 5) is 26.8. The maximum atomic E-state index is 12.9. The van der Waals surface area contributed by atoms with Crippen LogP contribution in [0, 0.1) is 0 Å². The van der Waals surface area contributed by atoms with E-state index in [0.29, 0.717) is 30.2 Å². The molecule has 0 radical (unpaired) electrons. The van der Waals surface area contributed by atoms with E-state index in [1.54, 1.807) is 40.2 Å². The molecular weight excluding hydrogens is 322 g/mol. The number of para-hydroxylation sites is 1. The van der Waals surface area contributed by atoms with Crippen molar-refractivity contribution in [1.29, 1.82) is 0 Å². The summed E-state index contributed by atoms with van der Waals surface area (Å²) in [6, 6.07) is 7.32. The summed E-state index contributed by atoms with van der Waals surface area (Å²) in [5, 5.41) is 0. The summed E-state index contributed by atoms with van der Waals surface area (Å²) >= 11 is 0. The van der Waals surface area contributed by atoms with Gasteiger partial charge in [-0.1, -0.05) is 18.2 Å². The summed E-state index contributed by atoms with van der Waals surface area (Å²) in [7, 11) is 3.13. The lowest BCUT2D eigenvalue weighted by atomic mass is 10.0. The van der Waals surface area contributed by atoms with Crippen LogP contribution in [-0.2, 0) is 19.1 Å². The van der Waals surface area contributed by atoms with Crippen LogP contribution >= 0.6 is 0 Å². The Balaban J connectivity index is 2.51. The van der Waals surface area contributed by atoms with E-state index in [1.165, 1.54) is 4.90 Å². The SMILES string of the molecule is CCOC(=O)C1=C(C)N(CCOC)C(=O)/C1=C/c1ccccc1OC. The van der Waals surface area contributed by atoms with Crippen LogP contribution in [0.2, 0.25) is 0 Å². The summed E-state index contributed by atoms with van der Waals surface area (Å²) in [5.74, 6) is -0.128. The molecule has 0 spiro atoms. The third-order valence-electron chi connectivity index (χ3n) is 3.95. The molecule has 0 saturated heterocycles. The lowest BCUT2D eigenvalue weighted by Gasteiger charge is -2.16. The first kappa shape index (κ1) is 18.7. The van der Waals surface area contributed by atoms with Crippen LogP contribution in [-0.4, -0.2) is 50.8 Å². The molecule has 0 N–H and O–H groups in total. The number of ether oxygens (including phenoxy) is 3. The van der Waals surface area contributed by atoms with Gasteiger partial charge in [0.05, 0.1) is 31.5 Å². The Morgan fingerprint density at radius 2 is 1.96 bits per heavy atom. The van der Waals surface area contributed by atoms with E-state index < -0.39 is 5.97 Å². The van der Waals surface area contributed by atoms with Crippen molar-refractivity contribution in [3.63, 3.8) is 0 Å². The number of amides is 1. The monoisotopic (exact) mass is 345 g/mol. The summed E-state index contributed by atoms with van der Waals surface area (Å²) in [6.07, 6.45) is 1.67. The Morgan fingerprint density at radius 1 is 1.24 bits per heavy atom. The zero-order chi connectivity index (χ0) is 18.4. The average molecular weight is 345 g/mol. The minimum absolute atomic E-state index is 0.240. The van der Waals surface area contributed by atoms with Crippen LogP contribution in [0.1, 0.15) is 19.4 Å². The van der Waals surface area contributed by atoms with E-state index in [-0.39, 0.29) is 18.1 Å². The molecule has 6 nitrogen and oxygen atoms in total. The highest BCUT2D eigenvalue weighted by atomic mass is 16.5. The molecule has 0 atom stereocenters. The third kappa shape index (κ3) is 3.91. The lowest BCUT2D eigenvalue weighted by Crippen LogP contribution is -2.28. The van der Waals surface area contributed by atoms with Crippen LogP contribution in [0.3, 0.4) is 0 Å². The van der Waals surface area contributed by atoms with Crippen molar-refractivity contribution in [2.24, 2.45) is 0 Å². The first-order chi connectivity index (χ1) is 12.0. The highest BCUT2D eigenvalue weighted by Crippen LogP contribution is 2.33. The van der Waals surface area contributed by atoms with Gasteiger partial charge in [0, 0.05) is 24.9 Å². The van der Waals surface area contributed by atoms with Gasteiger partial charge < -0.3 is 19.1 Å². The molecule has 1 aromatic rings. The lowest BCUT2D eigenvalue weighted by molar-refractivity contribution is -0.138. The normalized spacial score (nSPS) is 15.9. The van der Waals surface area contributed by atoms with Crippen LogP contribution in [0.5, 0.6) is 5.75 Å². The Bertz CT molecular complexity index is 720. The number of nitrogens with zero attached hydrogens (tertiary/aromatic N) is 1. The second kappa shape index (κ2) is 8.48. The Labute approximate surface area is 147 Å². The molecule has 0 aromatic heterocycles. The largest absolute Gasteiger partial charge is 0.496 e. The zero-order valence-corrected chi connectivity index (χ0v) is 15.0. The molecule has 1 aliphatic rings. The molecule has 1 aromatic carbocycles. The molecular formula is C19H23NO5. The molecule has 6 heteroatoms. The highest BCUT2D eigenvalue weighted by molar-refractivity contribution is 6.16. The smallest absolute Gasteiger partial charge is 0.340 e. The van der Waals surface area contributed by atoms with Gasteiger partial charge in [-0.15, -0.1) is 0 Å². The molecule has 1 aliphatic heterocycles. The first-order valence-corrected chi connectivity index (χ1v) is 8.09. The predicted octanol–water partition coefficient (Wildman–Crippen LogP) is 2.40. The quantitative estimate of drug-likeness (QED) is 0.561. The van der Waals surface area contributed by atoms with Crippen molar-refractivity contribution in [2.75, 3.05) is 34.0 Å². The van der Waals surface area contributed by atoms with E-state index in [2.05, 4.69) is 0 Å². The second-order valence-corrected chi connectivity index (χ2v) is 5.43. The van der Waals surface area contributed by atoms with Gasteiger partial charge in [0.1, 0.15) is 5.75 Å². The van der Waals surface area contributed by atoms with E-state index in [1.807, 2.05) is 18.2 Å². The van der Waals surface area contributed by atoms with Gasteiger partial charge in [0.15, 0.2) is 0 Å². The fraction of sp³-hybridized carbons (Fsp3) is 0.368. The van der Waals surface area contributed by atoms with Gasteiger partial charge in [-0.3, -0.25) is 4.79 Å². The summed E-state index contributed by atoms with van der Waals surface area (Å²) < 4.78 is 15.5. The topological polar surface area (TPSA) is 65.1 Å². The molecule has 0 aliphatic carbocycles. The number of hydrogen-bond donors (Lipinski definition) is 0. The van der Waals surface area contributed by atoms with Crippen molar-refractivity contribution in [3.05, 3.63) is 46.7 Å². The van der Waals surface area contributed by atoms with Crippen molar-refractivity contribution in [2.45, 2.75) is 13.8 Å². The fourth-order valence-electron chi connectivity index (χ4n) is 2.72. The molecule has 0 fully saturated rings. The van der Waals surface area contributed by atoms with E-state index >= 15 is 0 Å². The Morgan fingerprint density at radius 3 is 2.60 bits per heavy atom. The van der Waals surface area contributed by atoms with Crippen LogP contribution in [0.4, 0.5) is 0 Å². The van der Waals surface area contributed by atoms with Gasteiger partial charge in [0.25, 0.3) is 5.91 Å². The number of carbonyl (C=O) groups excluding carboxylic acids is 2. The number of hydrogen-bond acceptors (Lipinski definition) is 5. The van der Waals surface area contributed by atoms with E-state index in [4.69, 9.17) is 14.2 Å². The Hall–Kier alpha value is -2.60. The van der Waals surface area contributed by atoms with Crippen molar-refractivity contribution < 1.29 is 23.8 Å². The standard InChI is InChI=1S/C19H23NO5/c1-5-25-19(22)17-13(2)20(10-11-23-3)18(21)15(17)12-14-8-6-7-9-16(14)24-4/h6-9,12H,5,10-11H2,1-4H3/b15-12+. The molecule has 1 heterocycles. The van der Waals surface area contributed by atoms with Gasteiger partial charge in [-0.2, -0.15) is 0 Å². The summed E-state index contributed by atoms with van der Waals surface area (Å²) in [5.41, 5.74) is 1.88. The minimum Gasteiger partial charge on any atom is -0.496 e. The maximum Gasteiger partial charge on any atom is 0.340 e. The van der Waals surface area contributed by atoms with Gasteiger partial charge >= 0.3 is 5.97 Å². The van der Waals surface area contributed by atoms with E-state index in [9.17, 15) is 9.59 Å². The van der Waals surface area contributed by atoms with Gasteiger partial charge in [0.2, 0.25) is 0 Å². The number of carbonyl (C=O) groups is 2. The minimum atomic E-state index is -0.505. The third-order valence-corrected chi connectivity index (χ3v) is 3.95. The molecule has 2 rings (SSSR count). The van der Waals surface area contributed by atoms with E-state index in [0.717, 1.165) is 5.56 Å². The second-order valence-electron chi connectivity index (χ2n) is 5.43. The fourth-order valence-corrected chi connectivity index (χ4v) is 2.72. The number of rotatable bonds is 7.